The van der Waals surface area contributed by atoms with Crippen LogP contribution < -0.4 is 5.32 Å². The molecule has 25 heteroatoms. The molecule has 0 aliphatic rings. The van der Waals surface area contributed by atoms with E-state index >= 15 is 0 Å². The predicted octanol–water partition coefficient (Wildman–Crippen LogP) is 3.96. The molecule has 0 bridgehead atoms. The molecule has 0 heterocycles. The van der Waals surface area contributed by atoms with Crippen molar-refractivity contribution in [2.24, 2.45) is 0 Å². The van der Waals surface area contributed by atoms with Crippen molar-refractivity contribution in [1.82, 2.24) is 5.32 Å². The molecule has 1 unspecified atom stereocenters. The smallest absolute Gasteiger partial charge is 0.394 e. The van der Waals surface area contributed by atoms with Crippen LogP contribution in [-0.2, 0) is 14.3 Å². The Hall–Kier alpha value is -2.02. The number of aliphatic hydroxyl groups is 2. The highest BCUT2D eigenvalue weighted by atomic mass is 19.4. The summed E-state index contributed by atoms with van der Waals surface area (Å²) in [5, 5.41) is 17.8. The van der Waals surface area contributed by atoms with Gasteiger partial charge in [0.25, 0.3) is 0 Å². The normalized spacial score (nSPS) is 16.4. The Balaban J connectivity index is 6.22. The summed E-state index contributed by atoms with van der Waals surface area (Å²) in [7, 11) is 0. The molecule has 1 atom stereocenters. The molecule has 0 aromatic carbocycles. The molecule has 3 N–H and O–H groups in total. The molecule has 0 radical (unpaired) electrons. The number of ether oxygens (including phenoxy) is 2. The molecule has 0 aliphatic carbocycles. The summed E-state index contributed by atoms with van der Waals surface area (Å²) in [6, 6.07) is 0. The molecule has 0 fully saturated rings. The Morgan fingerprint density at radius 2 is 0.974 bits per heavy atom. The van der Waals surface area contributed by atoms with Crippen LogP contribution in [-0.4, -0.2) is 89.7 Å². The van der Waals surface area contributed by atoms with E-state index in [4.69, 9.17) is 10.2 Å². The van der Waals surface area contributed by atoms with E-state index in [9.17, 15) is 88.2 Å². The second kappa shape index (κ2) is 10.2. The maximum atomic E-state index is 13.3. The quantitative estimate of drug-likeness (QED) is 0.272. The molecule has 0 aromatic heterocycles. The van der Waals surface area contributed by atoms with Gasteiger partial charge in [0.2, 0.25) is 0 Å². The molecule has 6 nitrogen and oxygen atoms in total. The highest BCUT2D eigenvalue weighted by Gasteiger charge is 2.92. The number of rotatable bonds is 13. The Bertz CT molecular complexity index is 841. The molecule has 0 aliphatic heterocycles. The fraction of sp³-hybridized carbons (Fsp3) is 0.923. The van der Waals surface area contributed by atoms with Crippen molar-refractivity contribution in [1.29, 1.82) is 0 Å². The largest absolute Gasteiger partial charge is 0.460 e. The first-order valence-electron chi connectivity index (χ1n) is 8.36. The average molecular weight is 619 g/mol. The topological polar surface area (TPSA) is 88.0 Å². The van der Waals surface area contributed by atoms with Gasteiger partial charge < -0.3 is 15.5 Å². The lowest BCUT2D eigenvalue weighted by atomic mass is 9.97. The number of aliphatic hydroxyl groups excluding tert-OH is 2. The van der Waals surface area contributed by atoms with Gasteiger partial charge in [-0.15, -0.1) is 0 Å². The van der Waals surface area contributed by atoms with Crippen molar-refractivity contribution in [3.63, 3.8) is 0 Å². The Labute approximate surface area is 194 Å². The number of carbonyl (C=O) groups is 1. The first kappa shape index (κ1) is 36.0. The monoisotopic (exact) mass is 619 g/mol. The minimum atomic E-state index is -8.76. The fourth-order valence-electron chi connectivity index (χ4n) is 1.68. The van der Waals surface area contributed by atoms with Crippen LogP contribution in [0.1, 0.15) is 0 Å². The van der Waals surface area contributed by atoms with Crippen LogP contribution in [0.4, 0.5) is 83.4 Å². The van der Waals surface area contributed by atoms with Crippen molar-refractivity contribution in [2.75, 3.05) is 13.2 Å². The summed E-state index contributed by atoms with van der Waals surface area (Å²) in [4.78, 5) is 10.9. The third kappa shape index (κ3) is 6.24. The van der Waals surface area contributed by atoms with Crippen LogP contribution >= 0.6 is 0 Å². The number of halogens is 19. The number of alkyl halides is 19. The first-order valence-corrected chi connectivity index (χ1v) is 8.36. The second-order valence-corrected chi connectivity index (χ2v) is 6.61. The van der Waals surface area contributed by atoms with Gasteiger partial charge in [-0.1, -0.05) is 0 Å². The lowest BCUT2D eigenvalue weighted by Gasteiger charge is -2.40. The van der Waals surface area contributed by atoms with Crippen molar-refractivity contribution in [3.05, 3.63) is 0 Å². The molecular weight excluding hydrogens is 611 g/mol. The maximum Gasteiger partial charge on any atom is 0.460 e. The van der Waals surface area contributed by atoms with E-state index in [-0.39, 0.29) is 0 Å². The minimum absolute atomic E-state index is 0.726. The molecule has 0 aromatic rings. The summed E-state index contributed by atoms with van der Waals surface area (Å²) in [5.41, 5.74) is 0. The van der Waals surface area contributed by atoms with E-state index in [1.807, 2.05) is 4.74 Å². The predicted molar refractivity (Wildman–Crippen MR) is 73.9 cm³/mol. The summed E-state index contributed by atoms with van der Waals surface area (Å²) in [6.07, 6.45) is -40.0. The highest BCUT2D eigenvalue weighted by molar-refractivity contribution is 5.81. The Morgan fingerprint density at radius 3 is 1.34 bits per heavy atom. The zero-order valence-electron chi connectivity index (χ0n) is 16.8. The van der Waals surface area contributed by atoms with Crippen LogP contribution in [0.3, 0.4) is 0 Å². The number of hydrogen-bond acceptors (Lipinski definition) is 5. The highest BCUT2D eigenvalue weighted by Crippen LogP contribution is 2.61. The molecule has 228 valence electrons. The van der Waals surface area contributed by atoms with Gasteiger partial charge in [0.1, 0.15) is 0 Å². The Morgan fingerprint density at radius 1 is 0.605 bits per heavy atom. The summed E-state index contributed by atoms with van der Waals surface area (Å²) >= 11 is 0. The van der Waals surface area contributed by atoms with Gasteiger partial charge in [-0.05, 0) is 0 Å². The van der Waals surface area contributed by atoms with Crippen molar-refractivity contribution in [2.45, 2.75) is 60.4 Å². The zero-order valence-corrected chi connectivity index (χ0v) is 16.8. The number of carbonyl (C=O) groups excluding carboxylic acids is 1. The minimum Gasteiger partial charge on any atom is -0.394 e. The average Bonchev–Trinajstić information content (AvgIpc) is 2.68. The molecular formula is C13H8F19NO5. The van der Waals surface area contributed by atoms with Gasteiger partial charge in [0.15, 0.2) is 0 Å². The first-order chi connectivity index (χ1) is 16.3. The van der Waals surface area contributed by atoms with Crippen molar-refractivity contribution in [3.8, 4) is 0 Å². The van der Waals surface area contributed by atoms with E-state index in [0.717, 1.165) is 5.32 Å². The third-order valence-corrected chi connectivity index (χ3v) is 3.73. The second-order valence-electron chi connectivity index (χ2n) is 6.61. The molecule has 0 rings (SSSR count). The summed E-state index contributed by atoms with van der Waals surface area (Å²) in [6.45, 7) is -2.78. The molecule has 1 amide bonds. The zero-order chi connectivity index (χ0) is 31.2. The van der Waals surface area contributed by atoms with Crippen LogP contribution in [0.15, 0.2) is 0 Å². The van der Waals surface area contributed by atoms with E-state index in [1.165, 1.54) is 4.74 Å². The van der Waals surface area contributed by atoms with Gasteiger partial charge in [0.05, 0.1) is 12.7 Å². The Kier molecular flexibility index (Phi) is 9.64. The standard InChI is InChI=1S/C13H8F19NO5/c14-5(15,4(36)33-1-3(35)2-34)37-12(29,30)13(31,32)38-11(27,28)9(22,23)7(18,19)6(16,17)8(20,21)10(24,25)26/h3,34-35H,1-2H2,(H,33,36). The van der Waals surface area contributed by atoms with E-state index < -0.39 is 79.5 Å². The summed E-state index contributed by atoms with van der Waals surface area (Å²) in [5.74, 6) is -37.6. The molecule has 0 spiro atoms. The fourth-order valence-corrected chi connectivity index (χ4v) is 1.68. The van der Waals surface area contributed by atoms with E-state index in [1.54, 1.807) is 0 Å². The van der Waals surface area contributed by atoms with Crippen molar-refractivity contribution >= 4 is 5.91 Å². The van der Waals surface area contributed by atoms with E-state index in [2.05, 4.69) is 0 Å². The van der Waals surface area contributed by atoms with Crippen LogP contribution in [0.2, 0.25) is 0 Å². The number of hydrogen-bond donors (Lipinski definition) is 3. The number of amides is 1. The third-order valence-electron chi connectivity index (χ3n) is 3.73. The van der Waals surface area contributed by atoms with Crippen LogP contribution in [0, 0.1) is 0 Å². The van der Waals surface area contributed by atoms with Gasteiger partial charge in [-0.3, -0.25) is 4.79 Å². The van der Waals surface area contributed by atoms with Gasteiger partial charge >= 0.3 is 60.2 Å². The van der Waals surface area contributed by atoms with Crippen molar-refractivity contribution < 1.29 is 108 Å². The summed E-state index contributed by atoms with van der Waals surface area (Å²) < 4.78 is 249. The molecule has 38 heavy (non-hydrogen) atoms. The maximum absolute atomic E-state index is 13.3. The molecule has 0 saturated carbocycles. The van der Waals surface area contributed by atoms with E-state index in [0.29, 0.717) is 0 Å². The number of nitrogens with one attached hydrogen (secondary N) is 1. The lowest BCUT2D eigenvalue weighted by molar-refractivity contribution is -0.540. The van der Waals surface area contributed by atoms with Gasteiger partial charge in [-0.2, -0.15) is 83.4 Å². The lowest BCUT2D eigenvalue weighted by Crippen LogP contribution is -2.71. The van der Waals surface area contributed by atoms with Crippen LogP contribution in [0.25, 0.3) is 0 Å². The SMILES string of the molecule is O=C(NCC(O)CO)C(F)(F)OC(F)(F)C(F)(F)OC(F)(F)C(F)(F)C(F)(F)C(F)(F)C(F)(F)C(F)(F)F. The van der Waals surface area contributed by atoms with Gasteiger partial charge in [-0.25, -0.2) is 9.47 Å². The van der Waals surface area contributed by atoms with Gasteiger partial charge in [0, 0.05) is 6.54 Å². The van der Waals surface area contributed by atoms with Crippen LogP contribution in [0.5, 0.6) is 0 Å². The molecule has 0 saturated heterocycles.